The molecule has 0 aliphatic heterocycles. The van der Waals surface area contributed by atoms with Gasteiger partial charge in [0, 0.05) is 24.0 Å². The van der Waals surface area contributed by atoms with Crippen molar-refractivity contribution >= 4 is 28.5 Å². The lowest BCUT2D eigenvalue weighted by Crippen LogP contribution is -2.19. The molecule has 27 heavy (non-hydrogen) atoms. The number of aromatic nitrogens is 1. The number of allylic oxidation sites excluding steroid dienone is 1. The summed E-state index contributed by atoms with van der Waals surface area (Å²) in [6, 6.07) is 8.12. The topological polar surface area (TPSA) is 76.3 Å². The molecule has 0 saturated carbocycles. The number of carbonyl (C=O) groups excluding carboxylic acids is 1. The second kappa shape index (κ2) is 7.02. The Bertz CT molecular complexity index is 1070. The van der Waals surface area contributed by atoms with Crippen molar-refractivity contribution in [1.29, 1.82) is 0 Å². The average molecular weight is 377 g/mol. The number of benzene rings is 2. The fraction of sp³-hybridized carbons (Fsp3) is 0.111. The van der Waals surface area contributed by atoms with Crippen LogP contribution in [0, 0.1) is 0 Å². The van der Waals surface area contributed by atoms with Gasteiger partial charge in [-0.15, -0.1) is 6.58 Å². The highest BCUT2D eigenvalue weighted by atomic mass is 19.4. The third-order valence-electron chi connectivity index (χ3n) is 3.69. The number of amides is 2. The number of fused-ring (bicyclic) bond motifs is 1. The van der Waals surface area contributed by atoms with E-state index in [4.69, 9.17) is 4.42 Å². The molecule has 140 valence electrons. The lowest BCUT2D eigenvalue weighted by molar-refractivity contribution is -0.137. The molecule has 3 aromatic rings. The summed E-state index contributed by atoms with van der Waals surface area (Å²) in [5.41, 5.74) is 0.230. The summed E-state index contributed by atoms with van der Waals surface area (Å²) in [5.74, 6) is -0.560. The van der Waals surface area contributed by atoms with E-state index in [2.05, 4.69) is 17.2 Å². The summed E-state index contributed by atoms with van der Waals surface area (Å²) in [6.07, 6.45) is -2.96. The first kappa shape index (κ1) is 18.3. The van der Waals surface area contributed by atoms with Crippen LogP contribution in [0.2, 0.25) is 0 Å². The van der Waals surface area contributed by atoms with Gasteiger partial charge in [-0.1, -0.05) is 12.1 Å². The molecule has 0 unspecified atom stereocenters. The van der Waals surface area contributed by atoms with Gasteiger partial charge in [0.15, 0.2) is 5.58 Å². The molecule has 0 aliphatic carbocycles. The molecular formula is C18H14F3N3O3. The van der Waals surface area contributed by atoms with E-state index in [-0.39, 0.29) is 17.8 Å². The number of carbonyl (C=O) groups is 1. The lowest BCUT2D eigenvalue weighted by Gasteiger charge is -2.10. The molecule has 0 aliphatic rings. The third-order valence-corrected chi connectivity index (χ3v) is 3.69. The SMILES string of the molecule is C=CCn1c(=O)oc2cc(NC(=O)Nc3cccc(C(F)(F)F)c3)ccc21. The van der Waals surface area contributed by atoms with Crippen LogP contribution in [0.1, 0.15) is 5.56 Å². The summed E-state index contributed by atoms with van der Waals surface area (Å²) in [4.78, 5) is 23.8. The van der Waals surface area contributed by atoms with Crippen molar-refractivity contribution in [3.05, 3.63) is 71.2 Å². The zero-order valence-corrected chi connectivity index (χ0v) is 13.8. The lowest BCUT2D eigenvalue weighted by atomic mass is 10.2. The third kappa shape index (κ3) is 4.02. The van der Waals surface area contributed by atoms with Crippen molar-refractivity contribution in [3.63, 3.8) is 0 Å². The Hall–Kier alpha value is -3.49. The van der Waals surface area contributed by atoms with Crippen LogP contribution in [0.25, 0.3) is 11.1 Å². The van der Waals surface area contributed by atoms with E-state index < -0.39 is 23.5 Å². The van der Waals surface area contributed by atoms with Gasteiger partial charge in [0.2, 0.25) is 0 Å². The van der Waals surface area contributed by atoms with E-state index in [9.17, 15) is 22.8 Å². The molecule has 9 heteroatoms. The first-order valence-electron chi connectivity index (χ1n) is 7.77. The highest BCUT2D eigenvalue weighted by molar-refractivity contribution is 6.00. The maximum atomic E-state index is 12.7. The van der Waals surface area contributed by atoms with Gasteiger partial charge in [0.1, 0.15) is 0 Å². The quantitative estimate of drug-likeness (QED) is 0.660. The van der Waals surface area contributed by atoms with E-state index in [1.807, 2.05) is 0 Å². The van der Waals surface area contributed by atoms with Gasteiger partial charge in [0.25, 0.3) is 0 Å². The molecule has 0 bridgehead atoms. The monoisotopic (exact) mass is 377 g/mol. The molecule has 0 saturated heterocycles. The molecule has 2 aromatic carbocycles. The molecule has 0 fully saturated rings. The Kier molecular flexibility index (Phi) is 4.76. The average Bonchev–Trinajstić information content (AvgIpc) is 2.89. The number of oxazole rings is 1. The maximum Gasteiger partial charge on any atom is 0.420 e. The minimum Gasteiger partial charge on any atom is -0.408 e. The fourth-order valence-corrected chi connectivity index (χ4v) is 2.51. The normalized spacial score (nSPS) is 11.4. The van der Waals surface area contributed by atoms with E-state index in [1.54, 1.807) is 18.2 Å². The molecule has 6 nitrogen and oxygen atoms in total. The molecule has 3 rings (SSSR count). The summed E-state index contributed by atoms with van der Waals surface area (Å²) in [6.45, 7) is 3.84. The number of nitrogens with one attached hydrogen (secondary N) is 2. The van der Waals surface area contributed by atoms with Gasteiger partial charge in [-0.25, -0.2) is 9.59 Å². The minimum absolute atomic E-state index is 0.00734. The number of alkyl halides is 3. The zero-order valence-electron chi connectivity index (χ0n) is 13.8. The number of halogens is 3. The smallest absolute Gasteiger partial charge is 0.408 e. The van der Waals surface area contributed by atoms with E-state index in [0.29, 0.717) is 11.2 Å². The Morgan fingerprint density at radius 2 is 1.85 bits per heavy atom. The van der Waals surface area contributed by atoms with Crippen LogP contribution in [0.4, 0.5) is 29.3 Å². The van der Waals surface area contributed by atoms with E-state index in [0.717, 1.165) is 12.1 Å². The predicted octanol–water partition coefficient (Wildman–Crippen LogP) is 4.44. The van der Waals surface area contributed by atoms with Crippen LogP contribution in [0.5, 0.6) is 0 Å². The van der Waals surface area contributed by atoms with Crippen molar-refractivity contribution in [1.82, 2.24) is 4.57 Å². The van der Waals surface area contributed by atoms with Crippen LogP contribution in [-0.2, 0) is 12.7 Å². The Morgan fingerprint density at radius 3 is 2.52 bits per heavy atom. The van der Waals surface area contributed by atoms with Gasteiger partial charge in [-0.2, -0.15) is 13.2 Å². The standard InChI is InChI=1S/C18H14F3N3O3/c1-2-8-24-14-7-6-13(10-15(14)27-17(24)26)23-16(25)22-12-5-3-4-11(9-12)18(19,20)21/h2-7,9-10H,1,8H2,(H2,22,23,25). The molecule has 1 heterocycles. The maximum absolute atomic E-state index is 12.7. The van der Waals surface area contributed by atoms with Gasteiger partial charge >= 0.3 is 18.0 Å². The van der Waals surface area contributed by atoms with Crippen molar-refractivity contribution < 1.29 is 22.4 Å². The Balaban J connectivity index is 1.76. The Labute approximate surface area is 150 Å². The van der Waals surface area contributed by atoms with Crippen molar-refractivity contribution in [2.75, 3.05) is 10.6 Å². The number of nitrogens with zero attached hydrogens (tertiary/aromatic N) is 1. The van der Waals surface area contributed by atoms with Crippen LogP contribution in [-0.4, -0.2) is 10.6 Å². The highest BCUT2D eigenvalue weighted by Crippen LogP contribution is 2.30. The van der Waals surface area contributed by atoms with E-state index in [1.165, 1.54) is 22.8 Å². The summed E-state index contributed by atoms with van der Waals surface area (Å²) in [7, 11) is 0. The Morgan fingerprint density at radius 1 is 1.15 bits per heavy atom. The minimum atomic E-state index is -4.50. The summed E-state index contributed by atoms with van der Waals surface area (Å²) in [5, 5.41) is 4.81. The van der Waals surface area contributed by atoms with Gasteiger partial charge < -0.3 is 15.1 Å². The molecule has 0 radical (unpaired) electrons. The first-order valence-corrected chi connectivity index (χ1v) is 7.77. The second-order valence-electron chi connectivity index (χ2n) is 5.61. The van der Waals surface area contributed by atoms with Crippen LogP contribution >= 0.6 is 0 Å². The molecule has 1 aromatic heterocycles. The first-order chi connectivity index (χ1) is 12.8. The van der Waals surface area contributed by atoms with E-state index >= 15 is 0 Å². The van der Waals surface area contributed by atoms with Gasteiger partial charge in [0.05, 0.1) is 11.1 Å². The van der Waals surface area contributed by atoms with Crippen LogP contribution < -0.4 is 16.4 Å². The summed E-state index contributed by atoms with van der Waals surface area (Å²) >= 11 is 0. The second-order valence-corrected chi connectivity index (χ2v) is 5.61. The van der Waals surface area contributed by atoms with Gasteiger partial charge in [-0.05, 0) is 30.3 Å². The molecule has 0 spiro atoms. The zero-order chi connectivity index (χ0) is 19.6. The van der Waals surface area contributed by atoms with Crippen LogP contribution in [0.3, 0.4) is 0 Å². The van der Waals surface area contributed by atoms with Gasteiger partial charge in [-0.3, -0.25) is 4.57 Å². The fourth-order valence-electron chi connectivity index (χ4n) is 2.51. The molecule has 2 N–H and O–H groups in total. The van der Waals surface area contributed by atoms with Crippen molar-refractivity contribution in [2.45, 2.75) is 12.7 Å². The van der Waals surface area contributed by atoms with Crippen LogP contribution in [0.15, 0.2) is 64.3 Å². The molecular weight excluding hydrogens is 363 g/mol. The number of hydrogen-bond acceptors (Lipinski definition) is 3. The predicted molar refractivity (Wildman–Crippen MR) is 94.8 cm³/mol. The number of hydrogen-bond donors (Lipinski definition) is 2. The van der Waals surface area contributed by atoms with Crippen molar-refractivity contribution in [2.24, 2.45) is 0 Å². The number of urea groups is 1. The molecule has 0 atom stereocenters. The summed E-state index contributed by atoms with van der Waals surface area (Å²) < 4.78 is 44.6. The van der Waals surface area contributed by atoms with Crippen molar-refractivity contribution in [3.8, 4) is 0 Å². The number of rotatable bonds is 4. The number of anilines is 2. The highest BCUT2D eigenvalue weighted by Gasteiger charge is 2.30. The largest absolute Gasteiger partial charge is 0.420 e. The molecule has 2 amide bonds.